The fraction of sp³-hybridized carbons (Fsp3) is 0.583. The minimum atomic E-state index is -0.479. The van der Waals surface area contributed by atoms with Crippen LogP contribution in [-0.2, 0) is 11.2 Å². The first-order valence-corrected chi connectivity index (χ1v) is 5.71. The molecule has 1 amide bonds. The third-order valence-corrected chi connectivity index (χ3v) is 2.05. The number of hydrogen-bond acceptors (Lipinski definition) is 3. The smallest absolute Gasteiger partial charge is 0.407 e. The van der Waals surface area contributed by atoms with Crippen molar-refractivity contribution >= 4 is 6.09 Å². The van der Waals surface area contributed by atoms with E-state index in [1.165, 1.54) is 0 Å². The number of carbonyl (C=O) groups excluding carboxylic acids is 1. The van der Waals surface area contributed by atoms with Crippen LogP contribution in [0, 0.1) is 0 Å². The van der Waals surface area contributed by atoms with Crippen LogP contribution in [0.3, 0.4) is 0 Å². The van der Waals surface area contributed by atoms with Crippen molar-refractivity contribution in [3.05, 3.63) is 24.0 Å². The van der Waals surface area contributed by atoms with Gasteiger partial charge in [0, 0.05) is 30.9 Å². The fourth-order valence-electron chi connectivity index (χ4n) is 1.38. The number of hydrogen-bond donors (Lipinski definition) is 3. The number of rotatable bonds is 4. The van der Waals surface area contributed by atoms with Gasteiger partial charge in [0.15, 0.2) is 0 Å². The van der Waals surface area contributed by atoms with Gasteiger partial charge in [-0.2, -0.15) is 0 Å². The summed E-state index contributed by atoms with van der Waals surface area (Å²) in [4.78, 5) is 14.4. The molecule has 0 aliphatic rings. The van der Waals surface area contributed by atoms with E-state index >= 15 is 0 Å². The lowest BCUT2D eigenvalue weighted by Gasteiger charge is -2.20. The van der Waals surface area contributed by atoms with E-state index in [1.807, 2.05) is 39.1 Å². The Morgan fingerprint density at radius 1 is 1.59 bits per heavy atom. The van der Waals surface area contributed by atoms with Gasteiger partial charge in [0.1, 0.15) is 5.60 Å². The van der Waals surface area contributed by atoms with Gasteiger partial charge in [-0.25, -0.2) is 4.79 Å². The second kappa shape index (κ2) is 5.72. The number of aromatic amines is 1. The Balaban J connectivity index is 2.24. The zero-order valence-corrected chi connectivity index (χ0v) is 10.6. The number of nitrogens with one attached hydrogen (secondary N) is 2. The van der Waals surface area contributed by atoms with E-state index < -0.39 is 11.7 Å². The van der Waals surface area contributed by atoms with Crippen LogP contribution in [0.1, 0.15) is 26.5 Å². The molecular weight excluding hydrogens is 218 g/mol. The minimum Gasteiger partial charge on any atom is -0.444 e. The van der Waals surface area contributed by atoms with Gasteiger partial charge in [-0.3, -0.25) is 0 Å². The predicted octanol–water partition coefficient (Wildman–Crippen LogP) is 1.41. The highest BCUT2D eigenvalue weighted by Crippen LogP contribution is 2.06. The number of amides is 1. The van der Waals surface area contributed by atoms with Gasteiger partial charge in [0.2, 0.25) is 0 Å². The largest absolute Gasteiger partial charge is 0.444 e. The maximum absolute atomic E-state index is 11.4. The SMILES string of the molecule is CC(C)(C)OC(=O)NCC(N)Cc1ccc[nH]1. The molecule has 0 aliphatic carbocycles. The van der Waals surface area contributed by atoms with Crippen LogP contribution in [0.15, 0.2) is 18.3 Å². The van der Waals surface area contributed by atoms with Crippen molar-refractivity contribution in [2.75, 3.05) is 6.54 Å². The normalized spacial score (nSPS) is 13.2. The Kier molecular flexibility index (Phi) is 4.57. The standard InChI is InChI=1S/C12H21N3O2/c1-12(2,3)17-11(16)15-8-9(13)7-10-5-4-6-14-10/h4-6,9,14H,7-8,13H2,1-3H3,(H,15,16). The van der Waals surface area contributed by atoms with Gasteiger partial charge in [-0.1, -0.05) is 0 Å². The molecule has 0 saturated carbocycles. The van der Waals surface area contributed by atoms with Gasteiger partial charge >= 0.3 is 6.09 Å². The summed E-state index contributed by atoms with van der Waals surface area (Å²) in [5, 5.41) is 2.65. The summed E-state index contributed by atoms with van der Waals surface area (Å²) in [6.07, 6.45) is 2.12. The third kappa shape index (κ3) is 5.97. The summed E-state index contributed by atoms with van der Waals surface area (Å²) in [5.41, 5.74) is 6.47. The molecule has 1 atom stereocenters. The highest BCUT2D eigenvalue weighted by atomic mass is 16.6. The molecule has 1 heterocycles. The minimum absolute atomic E-state index is 0.124. The molecule has 0 radical (unpaired) electrons. The lowest BCUT2D eigenvalue weighted by atomic mass is 10.2. The molecule has 0 fully saturated rings. The molecule has 4 N–H and O–H groups in total. The van der Waals surface area contributed by atoms with Gasteiger partial charge < -0.3 is 20.8 Å². The molecule has 0 aliphatic heterocycles. The zero-order chi connectivity index (χ0) is 12.9. The Hall–Kier alpha value is -1.49. The van der Waals surface area contributed by atoms with Crippen LogP contribution in [0.4, 0.5) is 4.79 Å². The van der Waals surface area contributed by atoms with E-state index in [0.29, 0.717) is 13.0 Å². The van der Waals surface area contributed by atoms with E-state index in [9.17, 15) is 4.79 Å². The summed E-state index contributed by atoms with van der Waals surface area (Å²) in [5.74, 6) is 0. The number of alkyl carbamates (subject to hydrolysis) is 1. The molecule has 5 nitrogen and oxygen atoms in total. The second-order valence-corrected chi connectivity index (χ2v) is 5.04. The third-order valence-electron chi connectivity index (χ3n) is 2.05. The highest BCUT2D eigenvalue weighted by molar-refractivity contribution is 5.67. The number of H-pyrrole nitrogens is 1. The number of carbonyl (C=O) groups is 1. The topological polar surface area (TPSA) is 80.1 Å². The number of ether oxygens (including phenoxy) is 1. The average Bonchev–Trinajstić information content (AvgIpc) is 2.64. The second-order valence-electron chi connectivity index (χ2n) is 5.04. The lowest BCUT2D eigenvalue weighted by molar-refractivity contribution is 0.0524. The van der Waals surface area contributed by atoms with Crippen molar-refractivity contribution in [3.63, 3.8) is 0 Å². The van der Waals surface area contributed by atoms with Crippen molar-refractivity contribution in [1.82, 2.24) is 10.3 Å². The Labute approximate surface area is 102 Å². The molecule has 1 aromatic heterocycles. The maximum atomic E-state index is 11.4. The molecule has 0 bridgehead atoms. The molecule has 5 heteroatoms. The van der Waals surface area contributed by atoms with Crippen LogP contribution >= 0.6 is 0 Å². The molecule has 0 aromatic carbocycles. The quantitative estimate of drug-likeness (QED) is 0.743. The summed E-state index contributed by atoms with van der Waals surface area (Å²) in [7, 11) is 0. The zero-order valence-electron chi connectivity index (χ0n) is 10.6. The van der Waals surface area contributed by atoms with Gasteiger partial charge in [-0.15, -0.1) is 0 Å². The van der Waals surface area contributed by atoms with E-state index in [0.717, 1.165) is 5.69 Å². The molecule has 1 aromatic rings. The highest BCUT2D eigenvalue weighted by Gasteiger charge is 2.16. The monoisotopic (exact) mass is 239 g/mol. The molecular formula is C12H21N3O2. The Bertz CT molecular complexity index is 341. The van der Waals surface area contributed by atoms with E-state index in [-0.39, 0.29) is 6.04 Å². The van der Waals surface area contributed by atoms with Crippen molar-refractivity contribution in [2.24, 2.45) is 5.73 Å². The van der Waals surface area contributed by atoms with Crippen LogP contribution < -0.4 is 11.1 Å². The molecule has 1 rings (SSSR count). The van der Waals surface area contributed by atoms with Gasteiger partial charge in [-0.05, 0) is 32.9 Å². The molecule has 17 heavy (non-hydrogen) atoms. The van der Waals surface area contributed by atoms with E-state index in [4.69, 9.17) is 10.5 Å². The van der Waals surface area contributed by atoms with Crippen molar-refractivity contribution in [1.29, 1.82) is 0 Å². The Morgan fingerprint density at radius 3 is 2.82 bits per heavy atom. The maximum Gasteiger partial charge on any atom is 0.407 e. The molecule has 96 valence electrons. The lowest BCUT2D eigenvalue weighted by Crippen LogP contribution is -2.41. The summed E-state index contributed by atoms with van der Waals surface area (Å²) in [6, 6.07) is 3.76. The summed E-state index contributed by atoms with van der Waals surface area (Å²) < 4.78 is 5.11. The van der Waals surface area contributed by atoms with Gasteiger partial charge in [0.05, 0.1) is 0 Å². The van der Waals surface area contributed by atoms with Gasteiger partial charge in [0.25, 0.3) is 0 Å². The Morgan fingerprint density at radius 2 is 2.29 bits per heavy atom. The first-order chi connectivity index (χ1) is 7.87. The molecule has 0 spiro atoms. The van der Waals surface area contributed by atoms with Crippen LogP contribution in [0.25, 0.3) is 0 Å². The first-order valence-electron chi connectivity index (χ1n) is 5.71. The number of aromatic nitrogens is 1. The fourth-order valence-corrected chi connectivity index (χ4v) is 1.38. The molecule has 1 unspecified atom stereocenters. The number of nitrogens with two attached hydrogens (primary N) is 1. The predicted molar refractivity (Wildman–Crippen MR) is 66.7 cm³/mol. The average molecular weight is 239 g/mol. The van der Waals surface area contributed by atoms with Crippen molar-refractivity contribution < 1.29 is 9.53 Å². The summed E-state index contributed by atoms with van der Waals surface area (Å²) >= 11 is 0. The van der Waals surface area contributed by atoms with Crippen LogP contribution in [0.2, 0.25) is 0 Å². The molecule has 0 saturated heterocycles. The van der Waals surface area contributed by atoms with E-state index in [1.54, 1.807) is 0 Å². The van der Waals surface area contributed by atoms with Crippen molar-refractivity contribution in [3.8, 4) is 0 Å². The summed E-state index contributed by atoms with van der Waals surface area (Å²) in [6.45, 7) is 5.87. The van der Waals surface area contributed by atoms with E-state index in [2.05, 4.69) is 10.3 Å². The van der Waals surface area contributed by atoms with Crippen LogP contribution in [-0.4, -0.2) is 29.3 Å². The van der Waals surface area contributed by atoms with Crippen LogP contribution in [0.5, 0.6) is 0 Å². The van der Waals surface area contributed by atoms with Crippen molar-refractivity contribution in [2.45, 2.75) is 38.8 Å². The first kappa shape index (κ1) is 13.6.